The van der Waals surface area contributed by atoms with Crippen molar-refractivity contribution < 1.29 is 14.2 Å². The largest absolute Gasteiger partial charge is 0.381 e. The van der Waals surface area contributed by atoms with E-state index in [4.69, 9.17) is 14.2 Å². The molecule has 0 amide bonds. The van der Waals surface area contributed by atoms with Crippen LogP contribution in [0.3, 0.4) is 0 Å². The fourth-order valence-electron chi connectivity index (χ4n) is 2.46. The van der Waals surface area contributed by atoms with Crippen LogP contribution in [0.25, 0.3) is 0 Å². The van der Waals surface area contributed by atoms with Crippen LogP contribution in [0.2, 0.25) is 0 Å². The molecular formula is C12H23NO3. The number of methoxy groups -OCH3 is 1. The van der Waals surface area contributed by atoms with Crippen LogP contribution in [-0.2, 0) is 14.2 Å². The normalized spacial score (nSPS) is 36.2. The van der Waals surface area contributed by atoms with Gasteiger partial charge in [-0.3, -0.25) is 0 Å². The van der Waals surface area contributed by atoms with Crippen molar-refractivity contribution >= 4 is 0 Å². The summed E-state index contributed by atoms with van der Waals surface area (Å²) in [5.41, 5.74) is 0. The lowest BCUT2D eigenvalue weighted by Crippen LogP contribution is -2.43. The third-order valence-corrected chi connectivity index (χ3v) is 3.53. The van der Waals surface area contributed by atoms with Gasteiger partial charge in [0.2, 0.25) is 0 Å². The van der Waals surface area contributed by atoms with Crippen LogP contribution in [-0.4, -0.2) is 51.7 Å². The summed E-state index contributed by atoms with van der Waals surface area (Å²) in [7, 11) is 1.81. The van der Waals surface area contributed by atoms with Crippen LogP contribution in [0.15, 0.2) is 0 Å². The molecule has 2 fully saturated rings. The summed E-state index contributed by atoms with van der Waals surface area (Å²) in [6.07, 6.45) is 5.51. The van der Waals surface area contributed by atoms with Gasteiger partial charge in [-0.25, -0.2) is 0 Å². The lowest BCUT2D eigenvalue weighted by atomic mass is 9.93. The third kappa shape index (κ3) is 3.70. The molecule has 94 valence electrons. The van der Waals surface area contributed by atoms with Crippen molar-refractivity contribution in [2.24, 2.45) is 0 Å². The number of hydrogen-bond acceptors (Lipinski definition) is 4. The molecule has 4 nitrogen and oxygen atoms in total. The van der Waals surface area contributed by atoms with Gasteiger partial charge in [-0.2, -0.15) is 0 Å². The van der Waals surface area contributed by atoms with Crippen molar-refractivity contribution in [2.75, 3.05) is 33.5 Å². The number of hydrogen-bond donors (Lipinski definition) is 1. The maximum absolute atomic E-state index is 5.60. The van der Waals surface area contributed by atoms with Gasteiger partial charge in [0.25, 0.3) is 0 Å². The minimum absolute atomic E-state index is 0.244. The molecule has 1 N–H and O–H groups in total. The quantitative estimate of drug-likeness (QED) is 0.779. The zero-order chi connectivity index (χ0) is 11.2. The molecular weight excluding hydrogens is 206 g/mol. The molecule has 0 aromatic heterocycles. The molecule has 0 spiro atoms. The minimum Gasteiger partial charge on any atom is -0.381 e. The minimum atomic E-state index is 0.244. The summed E-state index contributed by atoms with van der Waals surface area (Å²) in [6.45, 7) is 3.14. The zero-order valence-electron chi connectivity index (χ0n) is 10.1. The van der Waals surface area contributed by atoms with E-state index in [0.29, 0.717) is 12.1 Å². The SMILES string of the molecule is COC1CCC(NCC2COCCO2)CC1. The standard InChI is InChI=1S/C12H23NO3/c1-14-11-4-2-10(3-5-11)13-8-12-9-15-6-7-16-12/h10-13H,2-9H2,1H3. The Morgan fingerprint density at radius 3 is 2.62 bits per heavy atom. The molecule has 1 aliphatic heterocycles. The summed E-state index contributed by atoms with van der Waals surface area (Å²) < 4.78 is 16.3. The predicted octanol–water partition coefficient (Wildman–Crippen LogP) is 0.949. The van der Waals surface area contributed by atoms with Crippen molar-refractivity contribution in [3.05, 3.63) is 0 Å². The van der Waals surface area contributed by atoms with E-state index >= 15 is 0 Å². The highest BCUT2D eigenvalue weighted by Gasteiger charge is 2.22. The first-order valence-electron chi connectivity index (χ1n) is 6.34. The molecule has 2 rings (SSSR count). The highest BCUT2D eigenvalue weighted by Crippen LogP contribution is 2.20. The van der Waals surface area contributed by atoms with Crippen LogP contribution in [0.1, 0.15) is 25.7 Å². The molecule has 4 heteroatoms. The van der Waals surface area contributed by atoms with Gasteiger partial charge >= 0.3 is 0 Å². The van der Waals surface area contributed by atoms with E-state index in [1.807, 2.05) is 7.11 Å². The smallest absolute Gasteiger partial charge is 0.0933 e. The van der Waals surface area contributed by atoms with Crippen LogP contribution in [0, 0.1) is 0 Å². The maximum Gasteiger partial charge on any atom is 0.0933 e. The Balaban J connectivity index is 1.59. The first-order chi connectivity index (χ1) is 7.88. The molecule has 1 aliphatic carbocycles. The second kappa shape index (κ2) is 6.55. The van der Waals surface area contributed by atoms with Gasteiger partial charge in [-0.15, -0.1) is 0 Å². The first kappa shape index (κ1) is 12.3. The van der Waals surface area contributed by atoms with Gasteiger partial charge in [0.05, 0.1) is 32.0 Å². The first-order valence-corrected chi connectivity index (χ1v) is 6.34. The highest BCUT2D eigenvalue weighted by atomic mass is 16.6. The van der Waals surface area contributed by atoms with Gasteiger partial charge in [-0.05, 0) is 25.7 Å². The second-order valence-electron chi connectivity index (χ2n) is 4.69. The molecule has 0 bridgehead atoms. The molecule has 1 saturated carbocycles. The van der Waals surface area contributed by atoms with E-state index in [0.717, 1.165) is 26.4 Å². The average molecular weight is 229 g/mol. The predicted molar refractivity (Wildman–Crippen MR) is 61.6 cm³/mol. The molecule has 0 aromatic carbocycles. The molecule has 2 aliphatic rings. The molecule has 1 heterocycles. The van der Waals surface area contributed by atoms with Crippen molar-refractivity contribution in [2.45, 2.75) is 43.9 Å². The van der Waals surface area contributed by atoms with E-state index in [2.05, 4.69) is 5.32 Å². The van der Waals surface area contributed by atoms with Crippen LogP contribution >= 0.6 is 0 Å². The van der Waals surface area contributed by atoms with Gasteiger partial charge in [0.1, 0.15) is 0 Å². The van der Waals surface area contributed by atoms with Crippen molar-refractivity contribution in [3.63, 3.8) is 0 Å². The lowest BCUT2D eigenvalue weighted by Gasteiger charge is -2.30. The van der Waals surface area contributed by atoms with Gasteiger partial charge in [0, 0.05) is 19.7 Å². The van der Waals surface area contributed by atoms with Crippen molar-refractivity contribution in [1.82, 2.24) is 5.32 Å². The van der Waals surface area contributed by atoms with Gasteiger partial charge < -0.3 is 19.5 Å². The number of rotatable bonds is 4. The fraction of sp³-hybridized carbons (Fsp3) is 1.00. The molecule has 1 saturated heterocycles. The van der Waals surface area contributed by atoms with Crippen LogP contribution < -0.4 is 5.32 Å². The summed E-state index contributed by atoms with van der Waals surface area (Å²) in [5, 5.41) is 3.58. The Morgan fingerprint density at radius 2 is 2.00 bits per heavy atom. The molecule has 16 heavy (non-hydrogen) atoms. The number of ether oxygens (including phenoxy) is 3. The third-order valence-electron chi connectivity index (χ3n) is 3.53. The van der Waals surface area contributed by atoms with E-state index < -0.39 is 0 Å². The molecule has 0 aromatic rings. The summed E-state index contributed by atoms with van der Waals surface area (Å²) in [6, 6.07) is 0.636. The maximum atomic E-state index is 5.60. The van der Waals surface area contributed by atoms with Crippen molar-refractivity contribution in [3.8, 4) is 0 Å². The Labute approximate surface area is 97.6 Å². The fourth-order valence-corrected chi connectivity index (χ4v) is 2.46. The molecule has 1 atom stereocenters. The monoisotopic (exact) mass is 229 g/mol. The van der Waals surface area contributed by atoms with Crippen molar-refractivity contribution in [1.29, 1.82) is 0 Å². The van der Waals surface area contributed by atoms with E-state index in [9.17, 15) is 0 Å². The van der Waals surface area contributed by atoms with E-state index in [1.54, 1.807) is 0 Å². The average Bonchev–Trinajstić information content (AvgIpc) is 2.38. The summed E-state index contributed by atoms with van der Waals surface area (Å²) in [4.78, 5) is 0. The highest BCUT2D eigenvalue weighted by molar-refractivity contribution is 4.78. The van der Waals surface area contributed by atoms with E-state index in [1.165, 1.54) is 25.7 Å². The summed E-state index contributed by atoms with van der Waals surface area (Å²) >= 11 is 0. The second-order valence-corrected chi connectivity index (χ2v) is 4.69. The Morgan fingerprint density at radius 1 is 1.19 bits per heavy atom. The van der Waals surface area contributed by atoms with Gasteiger partial charge in [0.15, 0.2) is 0 Å². The molecule has 1 unspecified atom stereocenters. The Hall–Kier alpha value is -0.160. The molecule has 0 radical (unpaired) electrons. The van der Waals surface area contributed by atoms with E-state index in [-0.39, 0.29) is 6.10 Å². The Kier molecular flexibility index (Phi) is 5.03. The van der Waals surface area contributed by atoms with Gasteiger partial charge in [-0.1, -0.05) is 0 Å². The van der Waals surface area contributed by atoms with Crippen LogP contribution in [0.4, 0.5) is 0 Å². The lowest BCUT2D eigenvalue weighted by molar-refractivity contribution is -0.0875. The summed E-state index contributed by atoms with van der Waals surface area (Å²) in [5.74, 6) is 0. The zero-order valence-corrected chi connectivity index (χ0v) is 10.1. The van der Waals surface area contributed by atoms with Crippen LogP contribution in [0.5, 0.6) is 0 Å². The Bertz CT molecular complexity index is 187. The number of nitrogens with one attached hydrogen (secondary N) is 1. The topological polar surface area (TPSA) is 39.7 Å².